The van der Waals surface area contributed by atoms with E-state index in [1.807, 2.05) is 27.8 Å². The molecule has 0 radical (unpaired) electrons. The highest BCUT2D eigenvalue weighted by Gasteiger charge is 2.15. The SMILES string of the molecule is CN(CCCC(=O)OC(C)(C)C)CCOc1cc(CO)nc(CO)c1. The first-order chi connectivity index (χ1) is 11.7. The number of aliphatic hydroxyl groups is 2. The van der Waals surface area contributed by atoms with Crippen molar-refractivity contribution in [2.75, 3.05) is 26.7 Å². The fourth-order valence-electron chi connectivity index (χ4n) is 2.18. The summed E-state index contributed by atoms with van der Waals surface area (Å²) in [6.07, 6.45) is 1.12. The third-order valence-electron chi connectivity index (χ3n) is 3.31. The van der Waals surface area contributed by atoms with Crippen LogP contribution >= 0.6 is 0 Å². The van der Waals surface area contributed by atoms with E-state index in [0.717, 1.165) is 13.0 Å². The topological polar surface area (TPSA) is 92.1 Å². The Labute approximate surface area is 149 Å². The second-order valence-corrected chi connectivity index (χ2v) is 6.94. The van der Waals surface area contributed by atoms with Gasteiger partial charge in [-0.2, -0.15) is 0 Å². The van der Waals surface area contributed by atoms with Gasteiger partial charge in [0.1, 0.15) is 18.0 Å². The molecule has 1 rings (SSSR count). The number of likely N-dealkylation sites (N-methyl/N-ethyl adjacent to an activating group) is 1. The number of carbonyl (C=O) groups excluding carboxylic acids is 1. The monoisotopic (exact) mass is 354 g/mol. The summed E-state index contributed by atoms with van der Waals surface area (Å²) in [5.41, 5.74) is 0.488. The zero-order chi connectivity index (χ0) is 18.9. The molecule has 0 aromatic carbocycles. The highest BCUT2D eigenvalue weighted by Crippen LogP contribution is 2.15. The van der Waals surface area contributed by atoms with Crippen LogP contribution in [0, 0.1) is 0 Å². The number of hydrogen-bond donors (Lipinski definition) is 2. The maximum atomic E-state index is 11.6. The highest BCUT2D eigenvalue weighted by atomic mass is 16.6. The molecule has 0 saturated heterocycles. The first-order valence-corrected chi connectivity index (χ1v) is 8.48. The molecule has 0 bridgehead atoms. The van der Waals surface area contributed by atoms with Crippen LogP contribution in [-0.4, -0.2) is 58.4 Å². The summed E-state index contributed by atoms with van der Waals surface area (Å²) in [7, 11) is 1.96. The van der Waals surface area contributed by atoms with Crippen LogP contribution in [0.4, 0.5) is 0 Å². The Morgan fingerprint density at radius 2 is 1.76 bits per heavy atom. The molecule has 2 N–H and O–H groups in total. The molecular weight excluding hydrogens is 324 g/mol. The van der Waals surface area contributed by atoms with Crippen LogP contribution in [0.1, 0.15) is 45.0 Å². The second-order valence-electron chi connectivity index (χ2n) is 6.94. The maximum Gasteiger partial charge on any atom is 0.306 e. The standard InChI is InChI=1S/C18H30N2O5/c1-18(2,3)25-17(23)6-5-7-20(4)8-9-24-16-10-14(12-21)19-15(11-16)13-22/h10-11,21-22H,5-9,12-13H2,1-4H3. The van der Waals surface area contributed by atoms with Crippen LogP contribution in [-0.2, 0) is 22.7 Å². The van der Waals surface area contributed by atoms with Crippen molar-refractivity contribution in [1.82, 2.24) is 9.88 Å². The van der Waals surface area contributed by atoms with Crippen molar-refractivity contribution >= 4 is 5.97 Å². The Hall–Kier alpha value is -1.70. The van der Waals surface area contributed by atoms with E-state index in [2.05, 4.69) is 9.88 Å². The number of aromatic nitrogens is 1. The minimum atomic E-state index is -0.442. The highest BCUT2D eigenvalue weighted by molar-refractivity contribution is 5.69. The molecule has 25 heavy (non-hydrogen) atoms. The average molecular weight is 354 g/mol. The fourth-order valence-corrected chi connectivity index (χ4v) is 2.18. The summed E-state index contributed by atoms with van der Waals surface area (Å²) < 4.78 is 10.9. The van der Waals surface area contributed by atoms with E-state index in [1.165, 1.54) is 0 Å². The fraction of sp³-hybridized carbons (Fsp3) is 0.667. The molecule has 0 amide bonds. The molecule has 142 valence electrons. The summed E-state index contributed by atoms with van der Waals surface area (Å²) in [5.74, 6) is 0.396. The number of nitrogens with zero attached hydrogens (tertiary/aromatic N) is 2. The Kier molecular flexibility index (Phi) is 8.82. The average Bonchev–Trinajstić information content (AvgIpc) is 2.52. The molecule has 1 aromatic heterocycles. The van der Waals surface area contributed by atoms with Crippen LogP contribution in [0.2, 0.25) is 0 Å². The maximum absolute atomic E-state index is 11.6. The van der Waals surface area contributed by atoms with Gasteiger partial charge < -0.3 is 24.6 Å². The van der Waals surface area contributed by atoms with E-state index < -0.39 is 5.60 Å². The van der Waals surface area contributed by atoms with E-state index in [0.29, 0.717) is 36.7 Å². The molecule has 0 spiro atoms. The number of esters is 1. The minimum absolute atomic E-state index is 0.179. The van der Waals surface area contributed by atoms with Gasteiger partial charge in [-0.1, -0.05) is 0 Å². The van der Waals surface area contributed by atoms with Gasteiger partial charge in [-0.05, 0) is 40.8 Å². The number of pyridine rings is 1. The number of carbonyl (C=O) groups is 1. The van der Waals surface area contributed by atoms with Gasteiger partial charge in [0.2, 0.25) is 0 Å². The van der Waals surface area contributed by atoms with Gasteiger partial charge in [0.25, 0.3) is 0 Å². The summed E-state index contributed by atoms with van der Waals surface area (Å²) in [6.45, 7) is 7.10. The third kappa shape index (κ3) is 9.38. The van der Waals surface area contributed by atoms with E-state index >= 15 is 0 Å². The van der Waals surface area contributed by atoms with Gasteiger partial charge >= 0.3 is 5.97 Å². The Balaban J connectivity index is 2.28. The molecule has 7 nitrogen and oxygen atoms in total. The lowest BCUT2D eigenvalue weighted by Gasteiger charge is -2.20. The van der Waals surface area contributed by atoms with Crippen molar-refractivity contribution < 1.29 is 24.5 Å². The van der Waals surface area contributed by atoms with Crippen molar-refractivity contribution in [1.29, 1.82) is 0 Å². The first-order valence-electron chi connectivity index (χ1n) is 8.48. The summed E-state index contributed by atoms with van der Waals surface area (Å²) >= 11 is 0. The van der Waals surface area contributed by atoms with Crippen molar-refractivity contribution in [2.45, 2.75) is 52.4 Å². The van der Waals surface area contributed by atoms with Gasteiger partial charge in [0.05, 0.1) is 24.6 Å². The number of aliphatic hydroxyl groups excluding tert-OH is 2. The van der Waals surface area contributed by atoms with Crippen LogP contribution in [0.5, 0.6) is 5.75 Å². The van der Waals surface area contributed by atoms with Gasteiger partial charge in [0, 0.05) is 25.1 Å². The molecule has 0 fully saturated rings. The molecule has 0 aliphatic rings. The Morgan fingerprint density at radius 3 is 2.28 bits per heavy atom. The molecule has 0 saturated carbocycles. The lowest BCUT2D eigenvalue weighted by molar-refractivity contribution is -0.154. The van der Waals surface area contributed by atoms with E-state index in [9.17, 15) is 4.79 Å². The van der Waals surface area contributed by atoms with Crippen LogP contribution in [0.25, 0.3) is 0 Å². The number of ether oxygens (including phenoxy) is 2. The van der Waals surface area contributed by atoms with Gasteiger partial charge in [-0.15, -0.1) is 0 Å². The van der Waals surface area contributed by atoms with Gasteiger partial charge in [-0.25, -0.2) is 0 Å². The smallest absolute Gasteiger partial charge is 0.306 e. The zero-order valence-electron chi connectivity index (χ0n) is 15.6. The summed E-state index contributed by atoms with van der Waals surface area (Å²) in [5, 5.41) is 18.3. The zero-order valence-corrected chi connectivity index (χ0v) is 15.6. The second kappa shape index (κ2) is 10.3. The van der Waals surface area contributed by atoms with Crippen LogP contribution < -0.4 is 4.74 Å². The molecule has 1 heterocycles. The lowest BCUT2D eigenvalue weighted by Crippen LogP contribution is -2.27. The molecule has 0 aliphatic carbocycles. The lowest BCUT2D eigenvalue weighted by atomic mass is 10.2. The van der Waals surface area contributed by atoms with Crippen molar-refractivity contribution in [3.63, 3.8) is 0 Å². The molecule has 0 unspecified atom stereocenters. The quantitative estimate of drug-likeness (QED) is 0.615. The summed E-state index contributed by atoms with van der Waals surface area (Å²) in [4.78, 5) is 17.8. The molecule has 7 heteroatoms. The van der Waals surface area contributed by atoms with Gasteiger partial charge in [-0.3, -0.25) is 9.78 Å². The van der Waals surface area contributed by atoms with Crippen LogP contribution in [0.15, 0.2) is 12.1 Å². The normalized spacial score (nSPS) is 11.6. The van der Waals surface area contributed by atoms with Crippen LogP contribution in [0.3, 0.4) is 0 Å². The minimum Gasteiger partial charge on any atom is -0.492 e. The predicted molar refractivity (Wildman–Crippen MR) is 94.2 cm³/mol. The number of hydrogen-bond acceptors (Lipinski definition) is 7. The third-order valence-corrected chi connectivity index (χ3v) is 3.31. The van der Waals surface area contributed by atoms with E-state index in [4.69, 9.17) is 19.7 Å². The molecular formula is C18H30N2O5. The van der Waals surface area contributed by atoms with Gasteiger partial charge in [0.15, 0.2) is 0 Å². The van der Waals surface area contributed by atoms with Crippen molar-refractivity contribution in [2.24, 2.45) is 0 Å². The molecule has 0 aliphatic heterocycles. The van der Waals surface area contributed by atoms with E-state index in [-0.39, 0.29) is 19.2 Å². The molecule has 0 atom stereocenters. The Bertz CT molecular complexity index is 521. The Morgan fingerprint density at radius 1 is 1.16 bits per heavy atom. The number of rotatable bonds is 10. The predicted octanol–water partition coefficient (Wildman–Crippen LogP) is 1.50. The van der Waals surface area contributed by atoms with E-state index in [1.54, 1.807) is 12.1 Å². The summed E-state index contributed by atoms with van der Waals surface area (Å²) in [6, 6.07) is 3.31. The first kappa shape index (κ1) is 21.3. The molecule has 1 aromatic rings. The van der Waals surface area contributed by atoms with Crippen molar-refractivity contribution in [3.8, 4) is 5.75 Å². The largest absolute Gasteiger partial charge is 0.492 e. The van der Waals surface area contributed by atoms with Crippen molar-refractivity contribution in [3.05, 3.63) is 23.5 Å².